The summed E-state index contributed by atoms with van der Waals surface area (Å²) in [6.45, 7) is 37.3. The van der Waals surface area contributed by atoms with E-state index < -0.39 is 131 Å². The molecule has 114 heavy (non-hydrogen) atoms. The summed E-state index contributed by atoms with van der Waals surface area (Å²) in [5.74, 6) is -3.45. The number of ether oxygens (including phenoxy) is 6. The number of aliphatic carboxylic acids is 1. The number of esters is 3. The molecule has 0 bridgehead atoms. The molecular weight excluding hydrogens is 1470 g/mol. The van der Waals surface area contributed by atoms with Crippen LogP contribution in [-0.4, -0.2) is 206 Å². The fourth-order valence-corrected chi connectivity index (χ4v) is 14.3. The number of carbonyl (C=O) groups excluding carboxylic acids is 8. The highest BCUT2D eigenvalue weighted by Gasteiger charge is 2.58. The number of rotatable bonds is 31. The third-order valence-corrected chi connectivity index (χ3v) is 21.4. The number of nitrogens with one attached hydrogen (secondary N) is 3. The van der Waals surface area contributed by atoms with E-state index in [0.29, 0.717) is 83.3 Å². The average Bonchev–Trinajstić information content (AvgIpc) is 1.60. The number of amides is 5. The van der Waals surface area contributed by atoms with E-state index in [1.54, 1.807) is 83.1 Å². The fraction of sp³-hybridized carbons (Fsp3) is 0.741. The molecule has 2 aromatic carbocycles. The maximum atomic E-state index is 14.4. The number of carbonyl (C=O) groups is 9. The highest BCUT2D eigenvalue weighted by atomic mass is 16.7. The van der Waals surface area contributed by atoms with Crippen LogP contribution in [0.25, 0.3) is 0 Å². The Labute approximate surface area is 676 Å². The highest BCUT2D eigenvalue weighted by Crippen LogP contribution is 2.45. The Morgan fingerprint density at radius 2 is 0.982 bits per heavy atom. The van der Waals surface area contributed by atoms with E-state index in [1.165, 1.54) is 9.80 Å². The van der Waals surface area contributed by atoms with Crippen molar-refractivity contribution in [2.24, 2.45) is 22.6 Å². The van der Waals surface area contributed by atoms with Gasteiger partial charge in [0.05, 0.1) is 33.9 Å². The third kappa shape index (κ3) is 29.8. The van der Waals surface area contributed by atoms with Gasteiger partial charge in [0.15, 0.2) is 0 Å². The zero-order valence-electron chi connectivity index (χ0n) is 71.6. The Kier molecular flexibility index (Phi) is 34.9. The van der Waals surface area contributed by atoms with E-state index in [2.05, 4.69) is 16.0 Å². The summed E-state index contributed by atoms with van der Waals surface area (Å²) in [7, 11) is -2.09. The summed E-state index contributed by atoms with van der Waals surface area (Å²) in [6.07, 6.45) is 5.69. The van der Waals surface area contributed by atoms with Gasteiger partial charge in [-0.2, -0.15) is 0 Å². The predicted molar refractivity (Wildman–Crippen MR) is 432 cm³/mol. The smallest absolute Gasteiger partial charge is 0.457 e. The molecule has 0 aromatic heterocycles. The van der Waals surface area contributed by atoms with Crippen molar-refractivity contribution in [2.75, 3.05) is 19.6 Å². The minimum Gasteiger partial charge on any atom is -0.481 e. The van der Waals surface area contributed by atoms with E-state index in [4.69, 9.17) is 74.3 Å². The van der Waals surface area contributed by atoms with Gasteiger partial charge in [0.25, 0.3) is 0 Å². The standard InChI is InChI=1S/C41H66BN3O11.C27H43BN2O6.C13H26BN3O5/c1-36(2,3)52-31(46)22-21-30(44-34(49)53-37(4,5)6)32(47)43-29-25-41(45(26-29)35(50)54-38(7,8)9,33(48)51-27-28-19-15-14-16-20-28)23-17-18-24-42-55-39(10,11)40(12,13)56-42;1-24(2,3)34-23(32)30-18-21(29)17-27(30,22(31)33-19-20-13-9-8-10-14-20)15-11-12-16-28-35-25(4,5)26(6,7)36-28;15-8-10(16)11(18)17-9-3-5-13(7-9,12(19)20)4-1-2-6-14(21)22/h14-16,19-20,29-30H,17-18,21-27H2,1-13H3,(H,43,47)(H,44,49);8-10,13-14,21H,11-12,15-19,29H2,1-7H3;9-10,21-22H,1-8,15-16H2,(H,17,18)(H,19,20)/t29-,30+,41-;21-,27-;9-,10-,13+/m110/s1. The number of hydrogen-bond donors (Lipinski definition) is 9. The van der Waals surface area contributed by atoms with Gasteiger partial charge < -0.3 is 95.3 Å². The zero-order chi connectivity index (χ0) is 85.9. The maximum Gasteiger partial charge on any atom is 0.457 e. The second-order valence-corrected chi connectivity index (χ2v) is 37.0. The molecule has 8 atom stereocenters. The van der Waals surface area contributed by atoms with Crippen LogP contribution in [0.4, 0.5) is 14.4 Å². The first-order valence-electron chi connectivity index (χ1n) is 40.3. The number of carboxylic acids is 1. The van der Waals surface area contributed by atoms with Crippen molar-refractivity contribution in [3.63, 3.8) is 0 Å². The van der Waals surface area contributed by atoms with Gasteiger partial charge in [-0.05, 0) is 220 Å². The van der Waals surface area contributed by atoms with Crippen molar-refractivity contribution in [3.8, 4) is 0 Å². The van der Waals surface area contributed by atoms with E-state index in [9.17, 15) is 48.3 Å². The molecule has 4 saturated heterocycles. The second kappa shape index (κ2) is 40.9. The molecule has 5 amide bonds. The Morgan fingerprint density at radius 3 is 1.40 bits per heavy atom. The molecule has 1 aliphatic carbocycles. The van der Waals surface area contributed by atoms with E-state index in [-0.39, 0.29) is 101 Å². The Hall–Kier alpha value is -7.10. The molecule has 0 unspecified atom stereocenters. The molecule has 12 N–H and O–H groups in total. The number of carboxylic acid groups (broad SMARTS) is 1. The van der Waals surface area contributed by atoms with Gasteiger partial charge in [-0.25, -0.2) is 24.0 Å². The maximum absolute atomic E-state index is 14.4. The lowest BCUT2D eigenvalue weighted by atomic mass is 9.78. The summed E-state index contributed by atoms with van der Waals surface area (Å²) in [5.41, 5.74) is 10.4. The molecule has 4 heterocycles. The Bertz CT molecular complexity index is 3460. The summed E-state index contributed by atoms with van der Waals surface area (Å²) in [4.78, 5) is 121. The van der Waals surface area contributed by atoms with Crippen molar-refractivity contribution < 1.29 is 105 Å². The number of unbranched alkanes of at least 4 members (excludes halogenated alkanes) is 3. The number of hydrogen-bond acceptors (Lipinski definition) is 24. The van der Waals surface area contributed by atoms with Crippen molar-refractivity contribution in [2.45, 2.75) is 359 Å². The molecule has 7 rings (SSSR count). The second-order valence-electron chi connectivity index (χ2n) is 37.0. The number of nitrogens with two attached hydrogens (primary N) is 3. The molecular formula is C81H135B3N8O22. The van der Waals surface area contributed by atoms with E-state index >= 15 is 0 Å². The van der Waals surface area contributed by atoms with Crippen molar-refractivity contribution >= 4 is 75.3 Å². The quantitative estimate of drug-likeness (QED) is 0.0147. The van der Waals surface area contributed by atoms with Crippen LogP contribution in [0.2, 0.25) is 19.0 Å². The molecule has 33 heteroatoms. The van der Waals surface area contributed by atoms with Gasteiger partial charge >= 0.3 is 63.5 Å². The van der Waals surface area contributed by atoms with Gasteiger partial charge in [-0.3, -0.25) is 29.0 Å². The van der Waals surface area contributed by atoms with Crippen LogP contribution in [0.15, 0.2) is 60.7 Å². The molecule has 5 aliphatic rings. The van der Waals surface area contributed by atoms with Crippen molar-refractivity contribution in [3.05, 3.63) is 71.8 Å². The topological polar surface area (TPSA) is 427 Å². The van der Waals surface area contributed by atoms with Gasteiger partial charge in [0, 0.05) is 50.6 Å². The fourth-order valence-electron chi connectivity index (χ4n) is 14.3. The first-order valence-corrected chi connectivity index (χ1v) is 40.3. The summed E-state index contributed by atoms with van der Waals surface area (Å²) in [5, 5.41) is 35.4. The predicted octanol–water partition coefficient (Wildman–Crippen LogP) is 10.2. The highest BCUT2D eigenvalue weighted by molar-refractivity contribution is 6.45. The lowest BCUT2D eigenvalue weighted by Gasteiger charge is -2.37. The number of likely N-dealkylation sites (tertiary alicyclic amines) is 2. The zero-order valence-corrected chi connectivity index (χ0v) is 71.6. The van der Waals surface area contributed by atoms with Crippen LogP contribution < -0.4 is 33.2 Å². The van der Waals surface area contributed by atoms with Crippen LogP contribution in [0.5, 0.6) is 0 Å². The normalized spacial score (nSPS) is 23.3. The molecule has 5 fully saturated rings. The van der Waals surface area contributed by atoms with Crippen molar-refractivity contribution in [1.82, 2.24) is 25.8 Å². The SMILES string of the molecule is CC(C)(C)OC(=O)CC[C@H](NC(=O)OC(C)(C)C)C(=O)N[C@H]1CN(C(=O)OC(C)(C)C)[C@@](CCCCB2OC(C)(C)C(C)(C)O2)(C(=O)OCc2ccccc2)C1.CC(C)(C)OC(=O)N1C[C@H](N)C[C@]1(CCCCB1OC(C)(C)C(C)(C)O1)C(=O)OCc1ccccc1.NC[C@H](N)C(=O)N[C@H]1CC[C@@](CCCCB(O)O)(C(=O)O)C1. The first kappa shape index (κ1) is 97.5. The molecule has 2 aromatic rings. The monoisotopic (exact) mass is 1600 g/mol. The third-order valence-electron chi connectivity index (χ3n) is 21.4. The Balaban J connectivity index is 0.000000340. The van der Waals surface area contributed by atoms with E-state index in [0.717, 1.165) is 17.5 Å². The molecule has 0 radical (unpaired) electrons. The Morgan fingerprint density at radius 1 is 0.561 bits per heavy atom. The van der Waals surface area contributed by atoms with E-state index in [1.807, 2.05) is 116 Å². The average molecular weight is 1610 g/mol. The lowest BCUT2D eigenvalue weighted by Crippen LogP contribution is -2.55. The number of alkyl carbamates (subject to hydrolysis) is 1. The summed E-state index contributed by atoms with van der Waals surface area (Å²) >= 11 is 0. The summed E-state index contributed by atoms with van der Waals surface area (Å²) < 4.78 is 58.6. The van der Waals surface area contributed by atoms with Gasteiger partial charge in [-0.1, -0.05) is 99.2 Å². The largest absolute Gasteiger partial charge is 0.481 e. The molecule has 4 aliphatic heterocycles. The van der Waals surface area contributed by atoms with Crippen LogP contribution in [0.3, 0.4) is 0 Å². The van der Waals surface area contributed by atoms with Crippen LogP contribution in [0, 0.1) is 5.41 Å². The van der Waals surface area contributed by atoms with Crippen LogP contribution >= 0.6 is 0 Å². The first-order chi connectivity index (χ1) is 52.6. The van der Waals surface area contributed by atoms with Gasteiger partial charge in [0.2, 0.25) is 11.8 Å². The molecule has 30 nitrogen and oxygen atoms in total. The minimum absolute atomic E-state index is 0.00726. The molecule has 640 valence electrons. The van der Waals surface area contributed by atoms with Crippen LogP contribution in [0.1, 0.15) is 252 Å². The number of benzene rings is 2. The van der Waals surface area contributed by atoms with Gasteiger partial charge in [0.1, 0.15) is 52.7 Å². The van der Waals surface area contributed by atoms with Crippen molar-refractivity contribution in [1.29, 1.82) is 0 Å². The summed E-state index contributed by atoms with van der Waals surface area (Å²) in [6, 6.07) is 15.4. The number of nitrogens with zero attached hydrogens (tertiary/aromatic N) is 2. The van der Waals surface area contributed by atoms with Gasteiger partial charge in [-0.15, -0.1) is 0 Å². The molecule has 1 saturated carbocycles. The van der Waals surface area contributed by atoms with Crippen LogP contribution in [-0.2, 0) is 89.0 Å². The minimum atomic E-state index is -1.52. The molecule has 0 spiro atoms. The lowest BCUT2D eigenvalue weighted by molar-refractivity contribution is -0.159.